The molecule has 2 unspecified atom stereocenters. The fourth-order valence-corrected chi connectivity index (χ4v) is 3.34. The van der Waals surface area contributed by atoms with Crippen LogP contribution in [0.15, 0.2) is 0 Å². The second-order valence-electron chi connectivity index (χ2n) is 3.93. The van der Waals surface area contributed by atoms with E-state index < -0.39 is 9.28 Å². The lowest BCUT2D eigenvalue weighted by Crippen LogP contribution is -2.30. The van der Waals surface area contributed by atoms with E-state index in [9.17, 15) is 0 Å². The third-order valence-electron chi connectivity index (χ3n) is 2.44. The van der Waals surface area contributed by atoms with Crippen LogP contribution in [0.2, 0.25) is 6.04 Å². The van der Waals surface area contributed by atoms with Gasteiger partial charge in [-0.1, -0.05) is 27.2 Å². The molecule has 0 amide bonds. The van der Waals surface area contributed by atoms with Crippen molar-refractivity contribution < 1.29 is 8.85 Å². The Kier molecular flexibility index (Phi) is 8.53. The maximum atomic E-state index is 5.93. The molecule has 0 saturated heterocycles. The molecule has 0 aromatic carbocycles. The third kappa shape index (κ3) is 6.57. The summed E-state index contributed by atoms with van der Waals surface area (Å²) >= 11 is 0. The van der Waals surface area contributed by atoms with E-state index in [1.807, 2.05) is 0 Å². The van der Waals surface area contributed by atoms with Crippen LogP contribution in [0.5, 0.6) is 0 Å². The van der Waals surface area contributed by atoms with Crippen molar-refractivity contribution in [3.63, 3.8) is 0 Å². The van der Waals surface area contributed by atoms with Gasteiger partial charge in [0.25, 0.3) is 0 Å². The molecule has 2 atom stereocenters. The number of rotatable bonds is 8. The van der Waals surface area contributed by atoms with E-state index in [1.165, 1.54) is 6.42 Å². The highest BCUT2D eigenvalue weighted by Gasteiger charge is 2.17. The molecule has 3 heteroatoms. The van der Waals surface area contributed by atoms with Crippen LogP contribution in [0.25, 0.3) is 0 Å². The highest BCUT2D eigenvalue weighted by Crippen LogP contribution is 2.10. The zero-order valence-electron chi connectivity index (χ0n) is 10.4. The van der Waals surface area contributed by atoms with E-state index >= 15 is 0 Å². The van der Waals surface area contributed by atoms with E-state index in [4.69, 9.17) is 8.85 Å². The van der Waals surface area contributed by atoms with Crippen LogP contribution in [0.3, 0.4) is 0 Å². The summed E-state index contributed by atoms with van der Waals surface area (Å²) in [5, 5.41) is 0. The summed E-state index contributed by atoms with van der Waals surface area (Å²) < 4.78 is 11.9. The first-order chi connectivity index (χ1) is 6.63. The van der Waals surface area contributed by atoms with Crippen LogP contribution < -0.4 is 0 Å². The summed E-state index contributed by atoms with van der Waals surface area (Å²) in [6, 6.07) is 1.13. The first kappa shape index (κ1) is 14.1. The van der Waals surface area contributed by atoms with E-state index in [-0.39, 0.29) is 0 Å². The molecule has 0 aliphatic carbocycles. The number of hydrogen-bond donors (Lipinski definition) is 0. The molecular weight excluding hydrogens is 192 g/mol. The van der Waals surface area contributed by atoms with Gasteiger partial charge < -0.3 is 8.85 Å². The van der Waals surface area contributed by atoms with Crippen molar-refractivity contribution in [3.8, 4) is 0 Å². The first-order valence-electron chi connectivity index (χ1n) is 5.94. The molecule has 0 aromatic rings. The molecule has 0 N–H and O–H groups in total. The molecule has 0 radical (unpaired) electrons. The van der Waals surface area contributed by atoms with Crippen molar-refractivity contribution in [1.29, 1.82) is 0 Å². The van der Waals surface area contributed by atoms with Gasteiger partial charge in [-0.3, -0.25) is 0 Å². The molecule has 2 nitrogen and oxygen atoms in total. The molecule has 0 aromatic heterocycles. The smallest absolute Gasteiger partial charge is 0.321 e. The maximum absolute atomic E-state index is 5.93. The van der Waals surface area contributed by atoms with Gasteiger partial charge in [0, 0.05) is 12.2 Å². The topological polar surface area (TPSA) is 18.5 Å². The SMILES string of the molecule is CCC[SiH](OC(C)CC)OC(C)CC. The fourth-order valence-electron chi connectivity index (χ4n) is 1.11. The largest absolute Gasteiger partial charge is 0.394 e. The molecule has 0 rings (SSSR count). The van der Waals surface area contributed by atoms with Gasteiger partial charge in [-0.05, 0) is 32.7 Å². The van der Waals surface area contributed by atoms with Crippen molar-refractivity contribution in [2.75, 3.05) is 0 Å². The molecule has 0 fully saturated rings. The predicted molar refractivity (Wildman–Crippen MR) is 63.9 cm³/mol. The monoisotopic (exact) mass is 218 g/mol. The zero-order valence-corrected chi connectivity index (χ0v) is 11.5. The molecule has 0 aliphatic heterocycles. The van der Waals surface area contributed by atoms with Crippen molar-refractivity contribution in [2.45, 2.75) is 72.1 Å². The second-order valence-corrected chi connectivity index (χ2v) is 5.91. The molecule has 0 aliphatic rings. The van der Waals surface area contributed by atoms with Crippen molar-refractivity contribution in [2.24, 2.45) is 0 Å². The Morgan fingerprint density at radius 3 is 1.64 bits per heavy atom. The van der Waals surface area contributed by atoms with Crippen LogP contribution in [0.1, 0.15) is 53.9 Å². The van der Waals surface area contributed by atoms with Gasteiger partial charge in [-0.25, -0.2) is 0 Å². The Bertz CT molecular complexity index is 118. The summed E-state index contributed by atoms with van der Waals surface area (Å²) in [5.74, 6) is 0. The zero-order chi connectivity index (χ0) is 11.0. The Morgan fingerprint density at radius 2 is 1.36 bits per heavy atom. The van der Waals surface area contributed by atoms with E-state index in [2.05, 4.69) is 34.6 Å². The minimum atomic E-state index is -1.38. The van der Waals surface area contributed by atoms with Crippen molar-refractivity contribution in [3.05, 3.63) is 0 Å². The Balaban J connectivity index is 3.88. The highest BCUT2D eigenvalue weighted by molar-refractivity contribution is 6.44. The van der Waals surface area contributed by atoms with Gasteiger partial charge >= 0.3 is 9.28 Å². The Morgan fingerprint density at radius 1 is 0.929 bits per heavy atom. The highest BCUT2D eigenvalue weighted by atomic mass is 28.3. The molecular formula is C11H26O2Si. The predicted octanol–water partition coefficient (Wildman–Crippen LogP) is 3.25. The van der Waals surface area contributed by atoms with Crippen LogP contribution >= 0.6 is 0 Å². The average Bonchev–Trinajstić information content (AvgIpc) is 2.17. The standard InChI is InChI=1S/C11H26O2Si/c1-6-9-14(12-10(4)7-2)13-11(5)8-3/h10-11,14H,6-9H2,1-5H3. The first-order valence-corrected chi connectivity index (χ1v) is 7.70. The quantitative estimate of drug-likeness (QED) is 0.582. The van der Waals surface area contributed by atoms with E-state index in [1.54, 1.807) is 0 Å². The van der Waals surface area contributed by atoms with Crippen LogP contribution in [-0.4, -0.2) is 21.5 Å². The van der Waals surface area contributed by atoms with Gasteiger partial charge in [0.05, 0.1) is 0 Å². The minimum absolute atomic E-state index is 0.363. The molecule has 0 saturated carbocycles. The molecule has 0 spiro atoms. The van der Waals surface area contributed by atoms with Crippen LogP contribution in [0.4, 0.5) is 0 Å². The van der Waals surface area contributed by atoms with Gasteiger partial charge in [0.1, 0.15) is 0 Å². The fraction of sp³-hybridized carbons (Fsp3) is 1.00. The lowest BCUT2D eigenvalue weighted by Gasteiger charge is -2.23. The van der Waals surface area contributed by atoms with Gasteiger partial charge in [0.15, 0.2) is 0 Å². The van der Waals surface area contributed by atoms with Gasteiger partial charge in [-0.15, -0.1) is 0 Å². The Hall–Kier alpha value is 0.137. The second kappa shape index (κ2) is 8.45. The normalized spacial score (nSPS) is 17.8. The van der Waals surface area contributed by atoms with Crippen LogP contribution in [0, 0.1) is 0 Å². The van der Waals surface area contributed by atoms with Gasteiger partial charge in [-0.2, -0.15) is 0 Å². The Labute approximate surface area is 90.8 Å². The minimum Gasteiger partial charge on any atom is -0.394 e. The van der Waals surface area contributed by atoms with Crippen molar-refractivity contribution >= 4 is 9.28 Å². The maximum Gasteiger partial charge on any atom is 0.321 e. The van der Waals surface area contributed by atoms with Crippen LogP contribution in [-0.2, 0) is 8.85 Å². The summed E-state index contributed by atoms with van der Waals surface area (Å²) in [4.78, 5) is 0. The molecule has 86 valence electrons. The molecule has 0 heterocycles. The third-order valence-corrected chi connectivity index (χ3v) is 5.03. The van der Waals surface area contributed by atoms with E-state index in [0.717, 1.165) is 18.9 Å². The summed E-state index contributed by atoms with van der Waals surface area (Å²) in [6.45, 7) is 10.8. The summed E-state index contributed by atoms with van der Waals surface area (Å²) in [5.41, 5.74) is 0. The molecule has 0 bridgehead atoms. The summed E-state index contributed by atoms with van der Waals surface area (Å²) in [7, 11) is -1.38. The summed E-state index contributed by atoms with van der Waals surface area (Å²) in [6.07, 6.45) is 4.06. The van der Waals surface area contributed by atoms with Gasteiger partial charge in [0.2, 0.25) is 0 Å². The lowest BCUT2D eigenvalue weighted by molar-refractivity contribution is 0.110. The number of hydrogen-bond acceptors (Lipinski definition) is 2. The van der Waals surface area contributed by atoms with Crippen molar-refractivity contribution in [1.82, 2.24) is 0 Å². The molecule has 14 heavy (non-hydrogen) atoms. The average molecular weight is 218 g/mol. The lowest BCUT2D eigenvalue weighted by atomic mass is 10.3. The van der Waals surface area contributed by atoms with E-state index in [0.29, 0.717) is 12.2 Å².